The number of nitrogens with zero attached hydrogens (tertiary/aromatic N) is 1. The van der Waals surface area contributed by atoms with E-state index in [-0.39, 0.29) is 6.61 Å². The molecule has 0 spiro atoms. The zero-order valence-corrected chi connectivity index (χ0v) is 19.5. The summed E-state index contributed by atoms with van der Waals surface area (Å²) < 4.78 is 16.6. The fourth-order valence-electron chi connectivity index (χ4n) is 2.90. The standard InChI is InChI=1S/C25H24ClN3O5/c1-3-33-21-11-7-6-10-20(21)28-24(30)25(31)29-27-15-17-12-13-22(23(14-17)32-2)34-16-18-8-4-5-9-19(18)26/h4-15H,3,16H2,1-2H3,(H,28,30)(H,29,31)/b27-15+. The number of hydrazone groups is 1. The molecular formula is C25H24ClN3O5. The van der Waals surface area contributed by atoms with Crippen LogP contribution in [0.15, 0.2) is 71.8 Å². The number of carbonyl (C=O) groups excluding carboxylic acids is 2. The van der Waals surface area contributed by atoms with Crippen LogP contribution in [-0.4, -0.2) is 31.7 Å². The fourth-order valence-corrected chi connectivity index (χ4v) is 3.09. The molecule has 3 aromatic rings. The second-order valence-corrected chi connectivity index (χ2v) is 7.28. The van der Waals surface area contributed by atoms with Crippen molar-refractivity contribution < 1.29 is 23.8 Å². The smallest absolute Gasteiger partial charge is 0.329 e. The highest BCUT2D eigenvalue weighted by Crippen LogP contribution is 2.29. The maximum absolute atomic E-state index is 12.2. The van der Waals surface area contributed by atoms with Crippen LogP contribution in [0.1, 0.15) is 18.1 Å². The van der Waals surface area contributed by atoms with Crippen molar-refractivity contribution in [2.75, 3.05) is 19.0 Å². The quantitative estimate of drug-likeness (QED) is 0.268. The molecule has 0 heterocycles. The summed E-state index contributed by atoms with van der Waals surface area (Å²) in [5.41, 5.74) is 4.07. The van der Waals surface area contributed by atoms with E-state index in [0.29, 0.717) is 40.1 Å². The Morgan fingerprint density at radius 1 is 0.941 bits per heavy atom. The Balaban J connectivity index is 1.58. The Hall–Kier alpha value is -4.04. The number of hydrogen-bond donors (Lipinski definition) is 2. The van der Waals surface area contributed by atoms with Crippen molar-refractivity contribution in [1.29, 1.82) is 0 Å². The van der Waals surface area contributed by atoms with E-state index in [9.17, 15) is 9.59 Å². The van der Waals surface area contributed by atoms with E-state index in [4.69, 9.17) is 25.8 Å². The van der Waals surface area contributed by atoms with E-state index in [2.05, 4.69) is 15.8 Å². The van der Waals surface area contributed by atoms with Crippen molar-refractivity contribution in [3.05, 3.63) is 82.9 Å². The summed E-state index contributed by atoms with van der Waals surface area (Å²) >= 11 is 6.16. The normalized spacial score (nSPS) is 10.6. The SMILES string of the molecule is CCOc1ccccc1NC(=O)C(=O)N/N=C/c1ccc(OCc2ccccc2Cl)c(OC)c1. The first-order chi connectivity index (χ1) is 16.5. The van der Waals surface area contributed by atoms with Gasteiger partial charge in [0.2, 0.25) is 0 Å². The summed E-state index contributed by atoms with van der Waals surface area (Å²) in [6, 6.07) is 19.4. The van der Waals surface area contributed by atoms with Crippen LogP contribution in [0, 0.1) is 0 Å². The summed E-state index contributed by atoms with van der Waals surface area (Å²) in [6.45, 7) is 2.53. The number of halogens is 1. The van der Waals surface area contributed by atoms with E-state index >= 15 is 0 Å². The molecule has 9 heteroatoms. The molecule has 0 saturated carbocycles. The highest BCUT2D eigenvalue weighted by molar-refractivity contribution is 6.39. The second-order valence-electron chi connectivity index (χ2n) is 6.87. The van der Waals surface area contributed by atoms with E-state index in [1.54, 1.807) is 48.5 Å². The summed E-state index contributed by atoms with van der Waals surface area (Å²) in [6.07, 6.45) is 1.39. The lowest BCUT2D eigenvalue weighted by atomic mass is 10.2. The van der Waals surface area contributed by atoms with Crippen molar-refractivity contribution in [1.82, 2.24) is 5.43 Å². The van der Waals surface area contributed by atoms with Crippen LogP contribution in [0.2, 0.25) is 5.02 Å². The molecule has 2 amide bonds. The van der Waals surface area contributed by atoms with Crippen LogP contribution in [-0.2, 0) is 16.2 Å². The lowest BCUT2D eigenvalue weighted by Crippen LogP contribution is -2.32. The van der Waals surface area contributed by atoms with Gasteiger partial charge in [-0.25, -0.2) is 5.43 Å². The molecule has 0 aliphatic carbocycles. The average molecular weight is 482 g/mol. The number of nitrogens with one attached hydrogen (secondary N) is 2. The number of methoxy groups -OCH3 is 1. The number of para-hydroxylation sites is 2. The molecule has 0 bridgehead atoms. The van der Waals surface area contributed by atoms with Crippen LogP contribution in [0.25, 0.3) is 0 Å². The van der Waals surface area contributed by atoms with Crippen LogP contribution >= 0.6 is 11.6 Å². The summed E-state index contributed by atoms with van der Waals surface area (Å²) in [4.78, 5) is 24.3. The van der Waals surface area contributed by atoms with Crippen LogP contribution in [0.4, 0.5) is 5.69 Å². The van der Waals surface area contributed by atoms with Gasteiger partial charge in [-0.2, -0.15) is 5.10 Å². The molecule has 0 saturated heterocycles. The number of benzene rings is 3. The number of amides is 2. The molecule has 2 N–H and O–H groups in total. The lowest BCUT2D eigenvalue weighted by molar-refractivity contribution is -0.136. The molecule has 3 rings (SSSR count). The van der Waals surface area contributed by atoms with E-state index in [0.717, 1.165) is 5.56 Å². The van der Waals surface area contributed by atoms with Crippen molar-refractivity contribution in [2.45, 2.75) is 13.5 Å². The van der Waals surface area contributed by atoms with Crippen molar-refractivity contribution in [3.8, 4) is 17.2 Å². The molecule has 176 valence electrons. The zero-order valence-electron chi connectivity index (χ0n) is 18.7. The fraction of sp³-hybridized carbons (Fsp3) is 0.160. The number of rotatable bonds is 9. The number of anilines is 1. The molecule has 34 heavy (non-hydrogen) atoms. The first kappa shape index (κ1) is 24.6. The third-order valence-corrected chi connectivity index (χ3v) is 4.92. The minimum Gasteiger partial charge on any atom is -0.493 e. The van der Waals surface area contributed by atoms with E-state index in [1.807, 2.05) is 25.1 Å². The minimum absolute atomic E-state index is 0.279. The number of ether oxygens (including phenoxy) is 3. The topological polar surface area (TPSA) is 98.2 Å². The average Bonchev–Trinajstić information content (AvgIpc) is 2.85. The molecule has 0 aromatic heterocycles. The van der Waals surface area contributed by atoms with Gasteiger partial charge in [-0.1, -0.05) is 41.9 Å². The van der Waals surface area contributed by atoms with Gasteiger partial charge in [-0.15, -0.1) is 0 Å². The maximum atomic E-state index is 12.2. The zero-order chi connectivity index (χ0) is 24.3. The van der Waals surface area contributed by atoms with Gasteiger partial charge in [0.05, 0.1) is 25.6 Å². The van der Waals surface area contributed by atoms with Gasteiger partial charge in [0.15, 0.2) is 11.5 Å². The Labute approximate surface area is 202 Å². The van der Waals surface area contributed by atoms with Gasteiger partial charge >= 0.3 is 11.8 Å². The van der Waals surface area contributed by atoms with E-state index in [1.165, 1.54) is 13.3 Å². The highest BCUT2D eigenvalue weighted by atomic mass is 35.5. The first-order valence-electron chi connectivity index (χ1n) is 10.4. The molecule has 0 atom stereocenters. The monoisotopic (exact) mass is 481 g/mol. The predicted molar refractivity (Wildman–Crippen MR) is 131 cm³/mol. The van der Waals surface area contributed by atoms with Crippen LogP contribution < -0.4 is 25.0 Å². The lowest BCUT2D eigenvalue weighted by Gasteiger charge is -2.12. The minimum atomic E-state index is -0.922. The Morgan fingerprint density at radius 2 is 1.71 bits per heavy atom. The predicted octanol–water partition coefficient (Wildman–Crippen LogP) is 4.42. The highest BCUT2D eigenvalue weighted by Gasteiger charge is 2.15. The molecular weight excluding hydrogens is 458 g/mol. The molecule has 0 radical (unpaired) electrons. The van der Waals surface area contributed by atoms with Gasteiger partial charge in [0, 0.05) is 10.6 Å². The van der Waals surface area contributed by atoms with Gasteiger partial charge < -0.3 is 19.5 Å². The largest absolute Gasteiger partial charge is 0.493 e. The van der Waals surface area contributed by atoms with Gasteiger partial charge in [-0.3, -0.25) is 9.59 Å². The summed E-state index contributed by atoms with van der Waals surface area (Å²) in [5, 5.41) is 6.96. The molecule has 0 fully saturated rings. The Kier molecular flexibility index (Phi) is 8.88. The summed E-state index contributed by atoms with van der Waals surface area (Å²) in [7, 11) is 1.52. The third kappa shape index (κ3) is 6.73. The van der Waals surface area contributed by atoms with Crippen molar-refractivity contribution in [3.63, 3.8) is 0 Å². The third-order valence-electron chi connectivity index (χ3n) is 4.55. The molecule has 0 aliphatic rings. The summed E-state index contributed by atoms with van der Waals surface area (Å²) in [5.74, 6) is -0.318. The van der Waals surface area contributed by atoms with Gasteiger partial charge in [-0.05, 0) is 48.9 Å². The van der Waals surface area contributed by atoms with Gasteiger partial charge in [0.25, 0.3) is 0 Å². The number of carbonyl (C=O) groups is 2. The second kappa shape index (κ2) is 12.3. The van der Waals surface area contributed by atoms with Crippen LogP contribution in [0.3, 0.4) is 0 Å². The van der Waals surface area contributed by atoms with Crippen molar-refractivity contribution >= 4 is 35.3 Å². The molecule has 3 aromatic carbocycles. The molecule has 0 unspecified atom stereocenters. The van der Waals surface area contributed by atoms with E-state index < -0.39 is 11.8 Å². The van der Waals surface area contributed by atoms with Gasteiger partial charge in [0.1, 0.15) is 12.4 Å². The molecule has 8 nitrogen and oxygen atoms in total. The number of hydrogen-bond acceptors (Lipinski definition) is 6. The first-order valence-corrected chi connectivity index (χ1v) is 10.8. The Morgan fingerprint density at radius 3 is 2.47 bits per heavy atom. The molecule has 0 aliphatic heterocycles. The van der Waals surface area contributed by atoms with Crippen molar-refractivity contribution in [2.24, 2.45) is 5.10 Å². The maximum Gasteiger partial charge on any atom is 0.329 e. The Bertz CT molecular complexity index is 1180. The van der Waals surface area contributed by atoms with Crippen LogP contribution in [0.5, 0.6) is 17.2 Å².